The number of nitrogens with zero attached hydrogens (tertiary/aromatic N) is 1. The number of aromatic nitrogens is 1. The van der Waals surface area contributed by atoms with Gasteiger partial charge < -0.3 is 9.84 Å². The van der Waals surface area contributed by atoms with Crippen molar-refractivity contribution in [3.63, 3.8) is 0 Å². The van der Waals surface area contributed by atoms with E-state index in [0.717, 1.165) is 12.0 Å². The Morgan fingerprint density at radius 3 is 2.45 bits per heavy atom. The van der Waals surface area contributed by atoms with Crippen LogP contribution in [-0.4, -0.2) is 17.2 Å². The highest BCUT2D eigenvalue weighted by Gasteiger charge is 2.16. The Hall–Kier alpha value is -1.87. The first-order chi connectivity index (χ1) is 9.61. The summed E-state index contributed by atoms with van der Waals surface area (Å²) in [5.74, 6) is 1.23. The molecule has 0 radical (unpaired) electrons. The molecule has 3 nitrogen and oxygen atoms in total. The summed E-state index contributed by atoms with van der Waals surface area (Å²) in [4.78, 5) is 4.22. The van der Waals surface area contributed by atoms with Crippen molar-refractivity contribution >= 4 is 0 Å². The monoisotopic (exact) mass is 271 g/mol. The maximum absolute atomic E-state index is 10.4. The summed E-state index contributed by atoms with van der Waals surface area (Å²) in [5, 5.41) is 10.4. The number of rotatable bonds is 5. The number of aliphatic hydroxyl groups excluding tert-OH is 1. The first kappa shape index (κ1) is 14.5. The molecule has 1 unspecified atom stereocenters. The molecule has 0 saturated heterocycles. The molecular formula is C17H21NO2. The van der Waals surface area contributed by atoms with Crippen molar-refractivity contribution < 1.29 is 9.84 Å². The molecule has 1 N–H and O–H groups in total. The molecule has 1 atom stereocenters. The Morgan fingerprint density at radius 2 is 1.85 bits per heavy atom. The van der Waals surface area contributed by atoms with Crippen LogP contribution in [0.25, 0.3) is 0 Å². The molecule has 1 heterocycles. The summed E-state index contributed by atoms with van der Waals surface area (Å²) >= 11 is 0. The van der Waals surface area contributed by atoms with Crippen LogP contribution < -0.4 is 4.74 Å². The summed E-state index contributed by atoms with van der Waals surface area (Å²) in [6.07, 6.45) is 1.94. The van der Waals surface area contributed by atoms with Gasteiger partial charge in [-0.2, -0.15) is 0 Å². The standard InChI is InChI=1S/C17H21NO2/c1-12(2)11-13-6-8-14(9-7-13)17(19)16-15(20-3)5-4-10-18-16/h4-10,12,17,19H,11H2,1-3H3. The van der Waals surface area contributed by atoms with Crippen molar-refractivity contribution in [1.82, 2.24) is 4.98 Å². The minimum atomic E-state index is -0.765. The van der Waals surface area contributed by atoms with E-state index in [-0.39, 0.29) is 0 Å². The van der Waals surface area contributed by atoms with E-state index in [4.69, 9.17) is 4.74 Å². The van der Waals surface area contributed by atoms with Crippen molar-refractivity contribution in [1.29, 1.82) is 0 Å². The first-order valence-corrected chi connectivity index (χ1v) is 6.87. The molecule has 1 aromatic heterocycles. The molecule has 0 spiro atoms. The maximum Gasteiger partial charge on any atom is 0.143 e. The van der Waals surface area contributed by atoms with Crippen LogP contribution in [0.4, 0.5) is 0 Å². The third kappa shape index (κ3) is 3.36. The third-order valence-electron chi connectivity index (χ3n) is 3.22. The van der Waals surface area contributed by atoms with Gasteiger partial charge in [0.25, 0.3) is 0 Å². The van der Waals surface area contributed by atoms with Gasteiger partial charge in [-0.25, -0.2) is 0 Å². The number of pyridine rings is 1. The van der Waals surface area contributed by atoms with E-state index >= 15 is 0 Å². The van der Waals surface area contributed by atoms with Gasteiger partial charge in [-0.05, 0) is 35.6 Å². The molecule has 0 fully saturated rings. The molecule has 0 aliphatic rings. The number of ether oxygens (including phenoxy) is 1. The molecular weight excluding hydrogens is 250 g/mol. The van der Waals surface area contributed by atoms with Crippen molar-refractivity contribution in [3.8, 4) is 5.75 Å². The highest BCUT2D eigenvalue weighted by Crippen LogP contribution is 2.27. The molecule has 20 heavy (non-hydrogen) atoms. The van der Waals surface area contributed by atoms with E-state index in [1.54, 1.807) is 25.4 Å². The molecule has 0 saturated carbocycles. The Kier molecular flexibility index (Phi) is 4.74. The van der Waals surface area contributed by atoms with E-state index in [1.807, 2.05) is 12.1 Å². The average molecular weight is 271 g/mol. The summed E-state index contributed by atoms with van der Waals surface area (Å²) < 4.78 is 5.24. The fraction of sp³-hybridized carbons (Fsp3) is 0.353. The number of aliphatic hydroxyl groups is 1. The fourth-order valence-corrected chi connectivity index (χ4v) is 2.25. The van der Waals surface area contributed by atoms with Crippen molar-refractivity contribution in [3.05, 3.63) is 59.4 Å². The number of benzene rings is 1. The van der Waals surface area contributed by atoms with Crippen LogP contribution in [-0.2, 0) is 6.42 Å². The Balaban J connectivity index is 2.22. The predicted molar refractivity (Wildman–Crippen MR) is 79.8 cm³/mol. The molecule has 0 bridgehead atoms. The lowest BCUT2D eigenvalue weighted by Gasteiger charge is -2.14. The van der Waals surface area contributed by atoms with E-state index in [9.17, 15) is 5.11 Å². The van der Waals surface area contributed by atoms with Crippen LogP contribution in [0, 0.1) is 5.92 Å². The van der Waals surface area contributed by atoms with Gasteiger partial charge in [0.1, 0.15) is 17.5 Å². The summed E-state index contributed by atoms with van der Waals surface area (Å²) in [6.45, 7) is 4.39. The van der Waals surface area contributed by atoms with Gasteiger partial charge in [0.2, 0.25) is 0 Å². The molecule has 0 amide bonds. The molecule has 2 aromatic rings. The number of hydrogen-bond acceptors (Lipinski definition) is 3. The first-order valence-electron chi connectivity index (χ1n) is 6.87. The lowest BCUT2D eigenvalue weighted by Crippen LogP contribution is -2.05. The largest absolute Gasteiger partial charge is 0.495 e. The third-order valence-corrected chi connectivity index (χ3v) is 3.22. The zero-order valence-corrected chi connectivity index (χ0v) is 12.2. The van der Waals surface area contributed by atoms with Gasteiger partial charge in [0, 0.05) is 6.20 Å². The summed E-state index contributed by atoms with van der Waals surface area (Å²) in [7, 11) is 1.58. The van der Waals surface area contributed by atoms with Crippen LogP contribution in [0.15, 0.2) is 42.6 Å². The Labute approximate surface area is 120 Å². The van der Waals surface area contributed by atoms with Crippen LogP contribution in [0.2, 0.25) is 0 Å². The van der Waals surface area contributed by atoms with Gasteiger partial charge in [-0.1, -0.05) is 38.1 Å². The summed E-state index contributed by atoms with van der Waals surface area (Å²) in [5.41, 5.74) is 2.66. The average Bonchev–Trinajstić information content (AvgIpc) is 2.46. The zero-order chi connectivity index (χ0) is 14.5. The van der Waals surface area contributed by atoms with Gasteiger partial charge in [-0.3, -0.25) is 4.98 Å². The van der Waals surface area contributed by atoms with Gasteiger partial charge in [0.15, 0.2) is 0 Å². The Bertz CT molecular complexity index is 549. The fourth-order valence-electron chi connectivity index (χ4n) is 2.25. The molecule has 3 heteroatoms. The highest BCUT2D eigenvalue weighted by molar-refractivity contribution is 5.36. The lowest BCUT2D eigenvalue weighted by molar-refractivity contribution is 0.209. The van der Waals surface area contributed by atoms with Gasteiger partial charge in [0.05, 0.1) is 7.11 Å². The van der Waals surface area contributed by atoms with Crippen LogP contribution in [0.3, 0.4) is 0 Å². The molecule has 2 rings (SSSR count). The minimum Gasteiger partial charge on any atom is -0.495 e. The number of hydrogen-bond donors (Lipinski definition) is 1. The minimum absolute atomic E-state index is 0.548. The van der Waals surface area contributed by atoms with Gasteiger partial charge in [-0.15, -0.1) is 0 Å². The van der Waals surface area contributed by atoms with E-state index in [2.05, 4.69) is 31.0 Å². The quantitative estimate of drug-likeness (QED) is 0.906. The second-order valence-corrected chi connectivity index (χ2v) is 5.33. The van der Waals surface area contributed by atoms with E-state index in [0.29, 0.717) is 17.4 Å². The summed E-state index contributed by atoms with van der Waals surface area (Å²) in [6, 6.07) is 11.6. The zero-order valence-electron chi connectivity index (χ0n) is 12.2. The predicted octanol–water partition coefficient (Wildman–Crippen LogP) is 3.37. The smallest absolute Gasteiger partial charge is 0.143 e. The second-order valence-electron chi connectivity index (χ2n) is 5.33. The van der Waals surface area contributed by atoms with E-state index < -0.39 is 6.10 Å². The Morgan fingerprint density at radius 1 is 1.15 bits per heavy atom. The van der Waals surface area contributed by atoms with Gasteiger partial charge >= 0.3 is 0 Å². The van der Waals surface area contributed by atoms with Crippen molar-refractivity contribution in [2.75, 3.05) is 7.11 Å². The number of methoxy groups -OCH3 is 1. The topological polar surface area (TPSA) is 42.4 Å². The molecule has 0 aliphatic heterocycles. The molecule has 0 aliphatic carbocycles. The van der Waals surface area contributed by atoms with Crippen molar-refractivity contribution in [2.45, 2.75) is 26.4 Å². The molecule has 106 valence electrons. The van der Waals surface area contributed by atoms with Crippen LogP contribution >= 0.6 is 0 Å². The van der Waals surface area contributed by atoms with Crippen molar-refractivity contribution in [2.24, 2.45) is 5.92 Å². The van der Waals surface area contributed by atoms with E-state index in [1.165, 1.54) is 5.56 Å². The SMILES string of the molecule is COc1cccnc1C(O)c1ccc(CC(C)C)cc1. The van der Waals surface area contributed by atoms with Crippen LogP contribution in [0.5, 0.6) is 5.75 Å². The molecule has 1 aromatic carbocycles. The lowest BCUT2D eigenvalue weighted by atomic mass is 9.99. The van der Waals surface area contributed by atoms with Crippen LogP contribution in [0.1, 0.15) is 36.8 Å². The highest BCUT2D eigenvalue weighted by atomic mass is 16.5. The normalized spacial score (nSPS) is 12.4. The second kappa shape index (κ2) is 6.53. The maximum atomic E-state index is 10.4.